The summed E-state index contributed by atoms with van der Waals surface area (Å²) in [6, 6.07) is 3.63. The fraction of sp³-hybridized carbons (Fsp3) is 0.643. The van der Waals surface area contributed by atoms with Crippen molar-refractivity contribution in [1.82, 2.24) is 9.21 Å². The van der Waals surface area contributed by atoms with Crippen LogP contribution in [0.5, 0.6) is 0 Å². The molecule has 1 aromatic rings. The highest BCUT2D eigenvalue weighted by atomic mass is 32.2. The zero-order valence-electron chi connectivity index (χ0n) is 12.9. The van der Waals surface area contributed by atoms with Gasteiger partial charge in [-0.25, -0.2) is 8.42 Å². The second-order valence-electron chi connectivity index (χ2n) is 5.88. The van der Waals surface area contributed by atoms with Gasteiger partial charge in [0.1, 0.15) is 5.60 Å². The minimum atomic E-state index is -3.33. The number of rotatable bonds is 2. The van der Waals surface area contributed by atoms with E-state index >= 15 is 0 Å². The molecule has 1 aromatic heterocycles. The number of hydrogen-bond donors (Lipinski definition) is 0. The molecule has 2 saturated heterocycles. The zero-order valence-corrected chi connectivity index (χ0v) is 14.6. The van der Waals surface area contributed by atoms with E-state index in [2.05, 4.69) is 0 Å². The predicted octanol–water partition coefficient (Wildman–Crippen LogP) is 0.251. The van der Waals surface area contributed by atoms with Gasteiger partial charge < -0.3 is 14.4 Å². The summed E-state index contributed by atoms with van der Waals surface area (Å²) in [7, 11) is -3.33. The van der Waals surface area contributed by atoms with E-state index in [0.29, 0.717) is 37.7 Å². The van der Waals surface area contributed by atoms with Crippen LogP contribution in [-0.4, -0.2) is 81.4 Å². The maximum atomic E-state index is 12.6. The van der Waals surface area contributed by atoms with Crippen LogP contribution in [-0.2, 0) is 19.5 Å². The highest BCUT2D eigenvalue weighted by Crippen LogP contribution is 2.25. The first-order chi connectivity index (χ1) is 10.9. The monoisotopic (exact) mass is 360 g/mol. The molecule has 3 rings (SSSR count). The largest absolute Gasteiger partial charge is 0.377 e. The van der Waals surface area contributed by atoms with E-state index in [9.17, 15) is 13.2 Å². The van der Waals surface area contributed by atoms with E-state index in [0.717, 1.165) is 0 Å². The topological polar surface area (TPSA) is 76.2 Å². The minimum Gasteiger partial charge on any atom is -0.377 e. The number of ether oxygens (including phenoxy) is 2. The first kappa shape index (κ1) is 16.8. The van der Waals surface area contributed by atoms with Crippen LogP contribution >= 0.6 is 11.3 Å². The molecule has 128 valence electrons. The Bertz CT molecular complexity index is 661. The lowest BCUT2D eigenvalue weighted by Gasteiger charge is -2.42. The molecule has 1 atom stereocenters. The molecule has 0 radical (unpaired) electrons. The van der Waals surface area contributed by atoms with Crippen molar-refractivity contribution in [3.63, 3.8) is 0 Å². The van der Waals surface area contributed by atoms with E-state index in [1.54, 1.807) is 11.0 Å². The molecule has 3 heterocycles. The molecular weight excluding hydrogens is 340 g/mol. The number of morpholine rings is 1. The van der Waals surface area contributed by atoms with Crippen LogP contribution in [0.25, 0.3) is 0 Å². The third-order valence-electron chi connectivity index (χ3n) is 4.05. The Kier molecular flexibility index (Phi) is 4.75. The smallest absolute Gasteiger partial charge is 0.264 e. The molecule has 0 bridgehead atoms. The fourth-order valence-electron chi connectivity index (χ4n) is 2.91. The van der Waals surface area contributed by atoms with Gasteiger partial charge in [-0.2, -0.15) is 4.31 Å². The van der Waals surface area contributed by atoms with Gasteiger partial charge in [-0.15, -0.1) is 11.3 Å². The first-order valence-corrected chi connectivity index (χ1v) is 10.1. The number of sulfonamides is 1. The lowest BCUT2D eigenvalue weighted by Crippen LogP contribution is -2.60. The zero-order chi connectivity index (χ0) is 16.5. The summed E-state index contributed by atoms with van der Waals surface area (Å²) in [5.41, 5.74) is -0.801. The highest BCUT2D eigenvalue weighted by Gasteiger charge is 2.43. The van der Waals surface area contributed by atoms with Crippen LogP contribution in [0.1, 0.15) is 9.67 Å². The van der Waals surface area contributed by atoms with Gasteiger partial charge in [0, 0.05) is 19.6 Å². The molecule has 2 aliphatic rings. The van der Waals surface area contributed by atoms with Gasteiger partial charge >= 0.3 is 0 Å². The van der Waals surface area contributed by atoms with Crippen LogP contribution in [0.4, 0.5) is 0 Å². The van der Waals surface area contributed by atoms with Gasteiger partial charge in [-0.1, -0.05) is 6.07 Å². The number of nitrogens with zero attached hydrogens (tertiary/aromatic N) is 2. The van der Waals surface area contributed by atoms with Crippen LogP contribution < -0.4 is 0 Å². The van der Waals surface area contributed by atoms with Gasteiger partial charge in [0.25, 0.3) is 5.91 Å². The average Bonchev–Trinajstić information content (AvgIpc) is 2.95. The van der Waals surface area contributed by atoms with Gasteiger partial charge in [0.05, 0.1) is 37.5 Å². The Hall–Kier alpha value is -1.00. The summed E-state index contributed by atoms with van der Waals surface area (Å²) >= 11 is 1.40. The predicted molar refractivity (Wildman–Crippen MR) is 86.1 cm³/mol. The lowest BCUT2D eigenvalue weighted by molar-refractivity contribution is -0.129. The number of carbonyl (C=O) groups is 1. The third-order valence-corrected chi connectivity index (χ3v) is 6.16. The Morgan fingerprint density at radius 2 is 2.13 bits per heavy atom. The van der Waals surface area contributed by atoms with Crippen molar-refractivity contribution in [1.29, 1.82) is 0 Å². The summed E-state index contributed by atoms with van der Waals surface area (Å²) in [6.45, 7) is 2.33. The molecule has 7 nitrogen and oxygen atoms in total. The van der Waals surface area contributed by atoms with Gasteiger partial charge in [-0.3, -0.25) is 4.79 Å². The summed E-state index contributed by atoms with van der Waals surface area (Å²) in [5, 5.41) is 1.86. The number of amides is 1. The third kappa shape index (κ3) is 3.74. The van der Waals surface area contributed by atoms with E-state index in [-0.39, 0.29) is 19.1 Å². The van der Waals surface area contributed by atoms with Crippen LogP contribution in [0.2, 0.25) is 0 Å². The molecule has 0 aromatic carbocycles. The lowest BCUT2D eigenvalue weighted by atomic mass is 10.0. The van der Waals surface area contributed by atoms with Crippen molar-refractivity contribution in [2.75, 3.05) is 52.3 Å². The van der Waals surface area contributed by atoms with Crippen molar-refractivity contribution in [3.05, 3.63) is 22.4 Å². The molecule has 2 fully saturated rings. The molecule has 0 N–H and O–H groups in total. The van der Waals surface area contributed by atoms with Crippen molar-refractivity contribution in [2.24, 2.45) is 0 Å². The quantitative estimate of drug-likeness (QED) is 0.756. The fourth-order valence-corrected chi connectivity index (χ4v) is 4.48. The average molecular weight is 360 g/mol. The van der Waals surface area contributed by atoms with Crippen molar-refractivity contribution < 1.29 is 22.7 Å². The molecule has 0 saturated carbocycles. The van der Waals surface area contributed by atoms with Crippen molar-refractivity contribution in [2.45, 2.75) is 5.60 Å². The van der Waals surface area contributed by atoms with Crippen molar-refractivity contribution >= 4 is 27.3 Å². The Labute approximate surface area is 139 Å². The van der Waals surface area contributed by atoms with Crippen LogP contribution in [0.3, 0.4) is 0 Å². The number of thiophene rings is 1. The number of hydrogen-bond acceptors (Lipinski definition) is 6. The van der Waals surface area contributed by atoms with Gasteiger partial charge in [-0.05, 0) is 11.4 Å². The van der Waals surface area contributed by atoms with Crippen LogP contribution in [0, 0.1) is 0 Å². The second-order valence-corrected chi connectivity index (χ2v) is 8.81. The summed E-state index contributed by atoms with van der Waals surface area (Å²) in [4.78, 5) is 15.0. The Morgan fingerprint density at radius 1 is 1.30 bits per heavy atom. The molecular formula is C14H20N2O5S2. The summed E-state index contributed by atoms with van der Waals surface area (Å²) < 4.78 is 36.6. The standard InChI is InChI=1S/C14H20N2O5S2/c1-23(18,19)16-5-6-20-11-14(10-16)9-15(4-7-21-14)13(17)12-3-2-8-22-12/h2-3,8H,4-7,9-11H2,1H3. The Morgan fingerprint density at radius 3 is 2.83 bits per heavy atom. The van der Waals surface area contributed by atoms with Crippen molar-refractivity contribution in [3.8, 4) is 0 Å². The Balaban J connectivity index is 1.79. The first-order valence-electron chi connectivity index (χ1n) is 7.39. The molecule has 1 amide bonds. The minimum absolute atomic E-state index is 0.0437. The normalized spacial score (nSPS) is 27.1. The number of carbonyl (C=O) groups excluding carboxylic acids is 1. The molecule has 2 aliphatic heterocycles. The van der Waals surface area contributed by atoms with E-state index in [1.165, 1.54) is 21.9 Å². The van der Waals surface area contributed by atoms with Gasteiger partial charge in [0.2, 0.25) is 10.0 Å². The maximum Gasteiger partial charge on any atom is 0.264 e. The molecule has 9 heteroatoms. The molecule has 1 unspecified atom stereocenters. The van der Waals surface area contributed by atoms with E-state index < -0.39 is 15.6 Å². The van der Waals surface area contributed by atoms with Crippen LogP contribution in [0.15, 0.2) is 17.5 Å². The van der Waals surface area contributed by atoms with E-state index in [4.69, 9.17) is 9.47 Å². The van der Waals surface area contributed by atoms with E-state index in [1.807, 2.05) is 11.4 Å². The molecule has 1 spiro atoms. The van der Waals surface area contributed by atoms with Gasteiger partial charge in [0.15, 0.2) is 0 Å². The molecule has 23 heavy (non-hydrogen) atoms. The summed E-state index contributed by atoms with van der Waals surface area (Å²) in [5.74, 6) is -0.0437. The molecule has 0 aliphatic carbocycles. The summed E-state index contributed by atoms with van der Waals surface area (Å²) in [6.07, 6.45) is 1.18. The second kappa shape index (κ2) is 6.48. The SMILES string of the molecule is CS(=O)(=O)N1CCOCC2(CN(C(=O)c3cccs3)CCO2)C1. The highest BCUT2D eigenvalue weighted by molar-refractivity contribution is 7.88. The maximum absolute atomic E-state index is 12.6.